The predicted octanol–water partition coefficient (Wildman–Crippen LogP) is 3.53. The van der Waals surface area contributed by atoms with E-state index in [0.717, 1.165) is 31.5 Å². The third-order valence-electron chi connectivity index (χ3n) is 6.52. The first kappa shape index (κ1) is 20.7. The minimum absolute atomic E-state index is 0.161. The quantitative estimate of drug-likeness (QED) is 0.487. The number of para-hydroxylation sites is 1. The van der Waals surface area contributed by atoms with Crippen LogP contribution < -0.4 is 5.76 Å². The number of hydrogen-bond donors (Lipinski definition) is 2. The van der Waals surface area contributed by atoms with E-state index in [0.29, 0.717) is 18.3 Å². The van der Waals surface area contributed by atoms with Crippen molar-refractivity contribution < 1.29 is 9.63 Å². The summed E-state index contributed by atoms with van der Waals surface area (Å²) in [7, 11) is 0. The molecule has 1 atom stereocenters. The maximum atomic E-state index is 12.2. The molecule has 1 aliphatic rings. The van der Waals surface area contributed by atoms with Crippen LogP contribution in [0.4, 0.5) is 0 Å². The maximum Gasteiger partial charge on any atom is 0.441 e. The lowest BCUT2D eigenvalue weighted by Crippen LogP contribution is -2.40. The molecule has 1 fully saturated rings. The SMILES string of the molecule is Cc1[nH]c2ccccc2c1C1CCN(CC(O)Cn2c(-c3ccccc3)noc2=O)CC1. The van der Waals surface area contributed by atoms with Gasteiger partial charge < -0.3 is 15.0 Å². The minimum Gasteiger partial charge on any atom is -0.390 e. The molecule has 0 aliphatic carbocycles. The number of aromatic amines is 1. The van der Waals surface area contributed by atoms with E-state index in [1.54, 1.807) is 0 Å². The Hall–Kier alpha value is -3.16. The van der Waals surface area contributed by atoms with E-state index in [1.807, 2.05) is 30.3 Å². The number of β-amino-alcohol motifs (C(OH)–C–C–N with tert-alkyl or cyclic N) is 1. The van der Waals surface area contributed by atoms with Gasteiger partial charge in [0.1, 0.15) is 0 Å². The number of rotatable bonds is 6. The number of fused-ring (bicyclic) bond motifs is 1. The number of nitrogens with one attached hydrogen (secondary N) is 1. The van der Waals surface area contributed by atoms with Gasteiger partial charge in [0.05, 0.1) is 12.6 Å². The van der Waals surface area contributed by atoms with Gasteiger partial charge in [-0.3, -0.25) is 9.09 Å². The molecular formula is C25H28N4O3. The Kier molecular flexibility index (Phi) is 5.68. The molecule has 0 saturated carbocycles. The van der Waals surface area contributed by atoms with Crippen LogP contribution in [0.15, 0.2) is 63.9 Å². The summed E-state index contributed by atoms with van der Waals surface area (Å²) in [5.74, 6) is 0.421. The van der Waals surface area contributed by atoms with Crippen molar-refractivity contribution in [1.82, 2.24) is 19.6 Å². The average molecular weight is 433 g/mol. The van der Waals surface area contributed by atoms with Crippen LogP contribution >= 0.6 is 0 Å². The fourth-order valence-corrected chi connectivity index (χ4v) is 5.02. The van der Waals surface area contributed by atoms with Crippen molar-refractivity contribution in [1.29, 1.82) is 0 Å². The summed E-state index contributed by atoms with van der Waals surface area (Å²) in [5.41, 5.74) is 4.68. The molecular weight excluding hydrogens is 404 g/mol. The molecule has 1 unspecified atom stereocenters. The highest BCUT2D eigenvalue weighted by Crippen LogP contribution is 2.35. The van der Waals surface area contributed by atoms with Gasteiger partial charge in [-0.1, -0.05) is 53.7 Å². The number of benzene rings is 2. The summed E-state index contributed by atoms with van der Waals surface area (Å²) in [6.07, 6.45) is 1.43. The largest absolute Gasteiger partial charge is 0.441 e. The van der Waals surface area contributed by atoms with Gasteiger partial charge in [-0.2, -0.15) is 0 Å². The fraction of sp³-hybridized carbons (Fsp3) is 0.360. The Labute approximate surface area is 186 Å². The molecule has 0 radical (unpaired) electrons. The molecule has 0 bridgehead atoms. The van der Waals surface area contributed by atoms with Crippen LogP contribution in [0.3, 0.4) is 0 Å². The van der Waals surface area contributed by atoms with Crippen LogP contribution in [-0.4, -0.2) is 50.5 Å². The third kappa shape index (κ3) is 4.01. The second-order valence-electron chi connectivity index (χ2n) is 8.69. The fourth-order valence-electron chi connectivity index (χ4n) is 5.02. The summed E-state index contributed by atoms with van der Waals surface area (Å²) >= 11 is 0. The van der Waals surface area contributed by atoms with E-state index in [-0.39, 0.29) is 6.54 Å². The molecule has 1 aliphatic heterocycles. The first-order valence-electron chi connectivity index (χ1n) is 11.2. The number of likely N-dealkylation sites (tertiary alicyclic amines) is 1. The molecule has 2 aromatic heterocycles. The molecule has 2 aromatic carbocycles. The van der Waals surface area contributed by atoms with Gasteiger partial charge >= 0.3 is 5.76 Å². The van der Waals surface area contributed by atoms with Crippen molar-refractivity contribution in [3.05, 3.63) is 76.4 Å². The molecule has 166 valence electrons. The maximum absolute atomic E-state index is 12.2. The highest BCUT2D eigenvalue weighted by molar-refractivity contribution is 5.85. The topological polar surface area (TPSA) is 87.3 Å². The Morgan fingerprint density at radius 1 is 1.09 bits per heavy atom. The van der Waals surface area contributed by atoms with E-state index >= 15 is 0 Å². The number of hydrogen-bond acceptors (Lipinski definition) is 5. The number of H-pyrrole nitrogens is 1. The van der Waals surface area contributed by atoms with Gasteiger partial charge in [0.25, 0.3) is 0 Å². The van der Waals surface area contributed by atoms with Crippen molar-refractivity contribution in [3.63, 3.8) is 0 Å². The van der Waals surface area contributed by atoms with E-state index in [9.17, 15) is 9.90 Å². The minimum atomic E-state index is -0.680. The van der Waals surface area contributed by atoms with E-state index in [4.69, 9.17) is 4.52 Å². The van der Waals surface area contributed by atoms with E-state index in [1.165, 1.54) is 26.7 Å². The van der Waals surface area contributed by atoms with E-state index in [2.05, 4.69) is 46.2 Å². The molecule has 1 saturated heterocycles. The lowest BCUT2D eigenvalue weighted by Gasteiger charge is -2.33. The smallest absolute Gasteiger partial charge is 0.390 e. The number of aryl methyl sites for hydroxylation is 1. The first-order chi connectivity index (χ1) is 15.6. The van der Waals surface area contributed by atoms with Crippen LogP contribution in [0.25, 0.3) is 22.3 Å². The van der Waals surface area contributed by atoms with Crippen molar-refractivity contribution >= 4 is 10.9 Å². The summed E-state index contributed by atoms with van der Waals surface area (Å²) in [4.78, 5) is 18.0. The number of nitrogens with zero attached hydrogens (tertiary/aromatic N) is 3. The van der Waals surface area contributed by atoms with E-state index < -0.39 is 11.9 Å². The van der Waals surface area contributed by atoms with Crippen LogP contribution in [0.2, 0.25) is 0 Å². The van der Waals surface area contributed by atoms with Crippen molar-refractivity contribution in [3.8, 4) is 11.4 Å². The molecule has 7 nitrogen and oxygen atoms in total. The molecule has 0 amide bonds. The zero-order valence-electron chi connectivity index (χ0n) is 18.2. The average Bonchev–Trinajstić information content (AvgIpc) is 3.34. The molecule has 0 spiro atoms. The van der Waals surface area contributed by atoms with Gasteiger partial charge in [0.2, 0.25) is 0 Å². The molecule has 5 rings (SSSR count). The predicted molar refractivity (Wildman–Crippen MR) is 124 cm³/mol. The number of aliphatic hydroxyl groups excluding tert-OH is 1. The lowest BCUT2D eigenvalue weighted by molar-refractivity contribution is 0.0837. The van der Waals surface area contributed by atoms with Crippen molar-refractivity contribution in [2.24, 2.45) is 0 Å². The number of piperidine rings is 1. The van der Waals surface area contributed by atoms with Crippen LogP contribution in [0.5, 0.6) is 0 Å². The van der Waals surface area contributed by atoms with Crippen LogP contribution in [0, 0.1) is 6.92 Å². The number of aliphatic hydroxyl groups is 1. The standard InChI is InChI=1S/C25H28N4O3/c1-17-23(21-9-5-6-10-22(21)26-17)18-11-13-28(14-12-18)15-20(30)16-29-24(27-32-25(29)31)19-7-3-2-4-8-19/h2-10,18,20,26,30H,11-16H2,1H3. The van der Waals surface area contributed by atoms with Gasteiger partial charge in [-0.25, -0.2) is 4.79 Å². The zero-order chi connectivity index (χ0) is 22.1. The van der Waals surface area contributed by atoms with Gasteiger partial charge in [-0.05, 0) is 50.4 Å². The highest BCUT2D eigenvalue weighted by atomic mass is 16.5. The zero-order valence-corrected chi connectivity index (χ0v) is 18.2. The Bertz CT molecular complexity index is 1250. The summed E-state index contributed by atoms with van der Waals surface area (Å²) in [6, 6.07) is 17.9. The van der Waals surface area contributed by atoms with Gasteiger partial charge in [-0.15, -0.1) is 0 Å². The van der Waals surface area contributed by atoms with Crippen LogP contribution in [0.1, 0.15) is 30.0 Å². The third-order valence-corrected chi connectivity index (χ3v) is 6.52. The second kappa shape index (κ2) is 8.76. The normalized spacial score (nSPS) is 16.6. The Balaban J connectivity index is 1.22. The summed E-state index contributed by atoms with van der Waals surface area (Å²) in [6.45, 7) is 4.68. The first-order valence-corrected chi connectivity index (χ1v) is 11.2. The summed E-state index contributed by atoms with van der Waals surface area (Å²) in [5, 5.41) is 16.0. The van der Waals surface area contributed by atoms with Gasteiger partial charge in [0, 0.05) is 28.7 Å². The second-order valence-corrected chi connectivity index (χ2v) is 8.69. The van der Waals surface area contributed by atoms with Crippen molar-refractivity contribution in [2.75, 3.05) is 19.6 Å². The van der Waals surface area contributed by atoms with Crippen molar-refractivity contribution in [2.45, 2.75) is 38.3 Å². The number of aromatic nitrogens is 3. The Morgan fingerprint density at radius 2 is 1.81 bits per heavy atom. The monoisotopic (exact) mass is 432 g/mol. The Morgan fingerprint density at radius 3 is 2.59 bits per heavy atom. The molecule has 3 heterocycles. The highest BCUT2D eigenvalue weighted by Gasteiger charge is 2.26. The molecule has 32 heavy (non-hydrogen) atoms. The lowest BCUT2D eigenvalue weighted by atomic mass is 9.87. The molecule has 4 aromatic rings. The molecule has 2 N–H and O–H groups in total. The van der Waals surface area contributed by atoms with Gasteiger partial charge in [0.15, 0.2) is 5.82 Å². The van der Waals surface area contributed by atoms with Crippen LogP contribution in [-0.2, 0) is 6.54 Å². The molecule has 7 heteroatoms. The summed E-state index contributed by atoms with van der Waals surface area (Å²) < 4.78 is 6.29.